The van der Waals surface area contributed by atoms with E-state index in [1.807, 2.05) is 41.8 Å². The maximum atomic E-state index is 11.9. The first-order valence-electron chi connectivity index (χ1n) is 8.00. The third kappa shape index (κ3) is 3.81. The van der Waals surface area contributed by atoms with Gasteiger partial charge in [-0.25, -0.2) is 4.98 Å². The number of nitrogens with one attached hydrogen (secondary N) is 1. The lowest BCUT2D eigenvalue weighted by Crippen LogP contribution is -2.22. The number of furan rings is 1. The summed E-state index contributed by atoms with van der Waals surface area (Å²) in [6.07, 6.45) is 1.26. The van der Waals surface area contributed by atoms with Gasteiger partial charge in [-0.3, -0.25) is 4.79 Å². The number of carbonyl (C=O) groups is 1. The molecular formula is C19H16N2O2S2. The fourth-order valence-corrected chi connectivity index (χ4v) is 4.16. The average Bonchev–Trinajstić information content (AvgIpc) is 3.38. The minimum atomic E-state index is 0.0316. The van der Waals surface area contributed by atoms with Crippen LogP contribution >= 0.6 is 22.7 Å². The summed E-state index contributed by atoms with van der Waals surface area (Å²) in [6.45, 7) is 0.396. The Morgan fingerprint density at radius 2 is 2.08 bits per heavy atom. The van der Waals surface area contributed by atoms with Gasteiger partial charge < -0.3 is 9.73 Å². The maximum Gasteiger partial charge on any atom is 0.220 e. The number of carbonyl (C=O) groups excluding carboxylic acids is 1. The first-order valence-corrected chi connectivity index (χ1v) is 9.76. The lowest BCUT2D eigenvalue weighted by atomic mass is 10.2. The van der Waals surface area contributed by atoms with E-state index in [0.717, 1.165) is 33.2 Å². The zero-order valence-corrected chi connectivity index (χ0v) is 15.0. The molecule has 4 nitrogen and oxygen atoms in total. The number of fused-ring (bicyclic) bond motifs is 1. The zero-order valence-electron chi connectivity index (χ0n) is 13.4. The van der Waals surface area contributed by atoms with E-state index in [2.05, 4.69) is 21.7 Å². The highest BCUT2D eigenvalue weighted by Gasteiger charge is 2.11. The highest BCUT2D eigenvalue weighted by Crippen LogP contribution is 2.31. The van der Waals surface area contributed by atoms with Crippen molar-refractivity contribution in [3.8, 4) is 10.8 Å². The van der Waals surface area contributed by atoms with Crippen LogP contribution in [0.2, 0.25) is 0 Å². The standard InChI is InChI=1S/C19H16N2O2S2/c22-18(8-5-13-9-10-24-12-13)20-11-14-6-7-16(23-14)19-21-15-3-1-2-4-17(15)25-19/h1-4,6-7,9-10,12H,5,8,11H2,(H,20,22). The van der Waals surface area contributed by atoms with E-state index in [1.54, 1.807) is 22.7 Å². The molecule has 3 heterocycles. The smallest absolute Gasteiger partial charge is 0.220 e. The Bertz CT molecular complexity index is 953. The normalized spacial score (nSPS) is 11.0. The molecule has 4 rings (SSSR count). The van der Waals surface area contributed by atoms with Crippen molar-refractivity contribution in [2.24, 2.45) is 0 Å². The monoisotopic (exact) mass is 368 g/mol. The number of aryl methyl sites for hydroxylation is 1. The van der Waals surface area contributed by atoms with Gasteiger partial charge in [-0.15, -0.1) is 11.3 Å². The van der Waals surface area contributed by atoms with Gasteiger partial charge >= 0.3 is 0 Å². The molecule has 0 unspecified atom stereocenters. The molecular weight excluding hydrogens is 352 g/mol. The van der Waals surface area contributed by atoms with Crippen LogP contribution in [0.4, 0.5) is 0 Å². The molecule has 0 saturated carbocycles. The molecule has 25 heavy (non-hydrogen) atoms. The Kier molecular flexibility index (Phi) is 4.63. The van der Waals surface area contributed by atoms with Crippen LogP contribution in [-0.2, 0) is 17.8 Å². The number of aromatic nitrogens is 1. The molecule has 4 aromatic rings. The van der Waals surface area contributed by atoms with Gasteiger partial charge in [0.2, 0.25) is 5.91 Å². The average molecular weight is 368 g/mol. The second-order valence-corrected chi connectivity index (χ2v) is 7.47. The van der Waals surface area contributed by atoms with Crippen molar-refractivity contribution in [3.05, 3.63) is 64.5 Å². The highest BCUT2D eigenvalue weighted by atomic mass is 32.1. The number of hydrogen-bond donors (Lipinski definition) is 1. The van der Waals surface area contributed by atoms with Gasteiger partial charge in [-0.1, -0.05) is 12.1 Å². The zero-order chi connectivity index (χ0) is 17.1. The summed E-state index contributed by atoms with van der Waals surface area (Å²) in [5.41, 5.74) is 2.18. The van der Waals surface area contributed by atoms with Gasteiger partial charge in [0.05, 0.1) is 16.8 Å². The number of thiophene rings is 1. The Morgan fingerprint density at radius 3 is 2.92 bits per heavy atom. The second kappa shape index (κ2) is 7.21. The van der Waals surface area contributed by atoms with E-state index in [-0.39, 0.29) is 5.91 Å². The Morgan fingerprint density at radius 1 is 1.16 bits per heavy atom. The van der Waals surface area contributed by atoms with Crippen molar-refractivity contribution < 1.29 is 9.21 Å². The quantitative estimate of drug-likeness (QED) is 0.528. The largest absolute Gasteiger partial charge is 0.457 e. The van der Waals surface area contributed by atoms with Gasteiger partial charge in [-0.2, -0.15) is 11.3 Å². The summed E-state index contributed by atoms with van der Waals surface area (Å²) in [6, 6.07) is 13.9. The molecule has 0 radical (unpaired) electrons. The van der Waals surface area contributed by atoms with Crippen molar-refractivity contribution in [1.29, 1.82) is 0 Å². The van der Waals surface area contributed by atoms with Crippen LogP contribution in [0.3, 0.4) is 0 Å². The predicted octanol–water partition coefficient (Wildman–Crippen LogP) is 4.87. The molecule has 1 amide bonds. The van der Waals surface area contributed by atoms with Crippen LogP contribution in [-0.4, -0.2) is 10.9 Å². The SMILES string of the molecule is O=C(CCc1ccsc1)NCc1ccc(-c2nc3ccccc3s2)o1. The summed E-state index contributed by atoms with van der Waals surface area (Å²) in [5.74, 6) is 1.51. The molecule has 0 spiro atoms. The Hall–Kier alpha value is -2.44. The summed E-state index contributed by atoms with van der Waals surface area (Å²) in [4.78, 5) is 16.5. The van der Waals surface area contributed by atoms with Gasteiger partial charge in [-0.05, 0) is 53.1 Å². The number of amides is 1. The first-order chi connectivity index (χ1) is 12.3. The molecule has 1 N–H and O–H groups in total. The number of para-hydroxylation sites is 1. The van der Waals surface area contributed by atoms with E-state index in [4.69, 9.17) is 4.42 Å². The summed E-state index contributed by atoms with van der Waals surface area (Å²) in [7, 11) is 0. The van der Waals surface area contributed by atoms with Crippen molar-refractivity contribution >= 4 is 38.8 Å². The van der Waals surface area contributed by atoms with Crippen molar-refractivity contribution in [2.75, 3.05) is 0 Å². The maximum absolute atomic E-state index is 11.9. The molecule has 6 heteroatoms. The van der Waals surface area contributed by atoms with Crippen LogP contribution in [0.5, 0.6) is 0 Å². The fourth-order valence-electron chi connectivity index (χ4n) is 2.53. The van der Waals surface area contributed by atoms with E-state index in [1.165, 1.54) is 5.56 Å². The van der Waals surface area contributed by atoms with Crippen molar-refractivity contribution in [2.45, 2.75) is 19.4 Å². The van der Waals surface area contributed by atoms with E-state index in [9.17, 15) is 4.79 Å². The lowest BCUT2D eigenvalue weighted by Gasteiger charge is -2.02. The molecule has 126 valence electrons. The van der Waals surface area contributed by atoms with E-state index < -0.39 is 0 Å². The van der Waals surface area contributed by atoms with Crippen LogP contribution in [0.25, 0.3) is 21.0 Å². The lowest BCUT2D eigenvalue weighted by molar-refractivity contribution is -0.121. The van der Waals surface area contributed by atoms with Crippen molar-refractivity contribution in [1.82, 2.24) is 10.3 Å². The summed E-state index contributed by atoms with van der Waals surface area (Å²) < 4.78 is 6.97. The van der Waals surface area contributed by atoms with Gasteiger partial charge in [0.1, 0.15) is 5.76 Å². The van der Waals surface area contributed by atoms with Crippen LogP contribution in [0.1, 0.15) is 17.7 Å². The molecule has 3 aromatic heterocycles. The number of thiazole rings is 1. The third-order valence-electron chi connectivity index (χ3n) is 3.85. The topological polar surface area (TPSA) is 55.1 Å². The summed E-state index contributed by atoms with van der Waals surface area (Å²) in [5, 5.41) is 7.87. The second-order valence-electron chi connectivity index (χ2n) is 5.66. The molecule has 0 bridgehead atoms. The van der Waals surface area contributed by atoms with Crippen LogP contribution in [0.15, 0.2) is 57.6 Å². The summed E-state index contributed by atoms with van der Waals surface area (Å²) >= 11 is 3.26. The molecule has 0 atom stereocenters. The van der Waals surface area contributed by atoms with Crippen LogP contribution < -0.4 is 5.32 Å². The van der Waals surface area contributed by atoms with Gasteiger partial charge in [0.15, 0.2) is 10.8 Å². The van der Waals surface area contributed by atoms with E-state index >= 15 is 0 Å². The number of rotatable bonds is 6. The highest BCUT2D eigenvalue weighted by molar-refractivity contribution is 7.21. The Balaban J connectivity index is 1.35. The van der Waals surface area contributed by atoms with Crippen molar-refractivity contribution in [3.63, 3.8) is 0 Å². The molecule has 0 aliphatic heterocycles. The molecule has 0 aliphatic carbocycles. The fraction of sp³-hybridized carbons (Fsp3) is 0.158. The molecule has 1 aromatic carbocycles. The molecule has 0 fully saturated rings. The van der Waals surface area contributed by atoms with E-state index in [0.29, 0.717) is 13.0 Å². The number of hydrogen-bond acceptors (Lipinski definition) is 5. The van der Waals surface area contributed by atoms with Gasteiger partial charge in [0, 0.05) is 6.42 Å². The number of benzene rings is 1. The molecule has 0 saturated heterocycles. The Labute approximate surface area is 153 Å². The predicted molar refractivity (Wildman–Crippen MR) is 102 cm³/mol. The van der Waals surface area contributed by atoms with Crippen LogP contribution in [0, 0.1) is 0 Å². The third-order valence-corrected chi connectivity index (χ3v) is 5.63. The minimum Gasteiger partial charge on any atom is -0.457 e. The first kappa shape index (κ1) is 16.1. The van der Waals surface area contributed by atoms with Gasteiger partial charge in [0.25, 0.3) is 0 Å². The minimum absolute atomic E-state index is 0.0316. The molecule has 0 aliphatic rings. The number of nitrogens with zero attached hydrogens (tertiary/aromatic N) is 1.